The van der Waals surface area contributed by atoms with Crippen molar-refractivity contribution in [3.05, 3.63) is 77.1 Å². The topological polar surface area (TPSA) is 196 Å². The summed E-state index contributed by atoms with van der Waals surface area (Å²) in [5, 5.41) is 48.4. The van der Waals surface area contributed by atoms with E-state index >= 15 is 0 Å². The number of ether oxygens (including phenoxy) is 3. The second-order valence-corrected chi connectivity index (χ2v) is 16.2. The van der Waals surface area contributed by atoms with E-state index in [2.05, 4.69) is 4.98 Å². The van der Waals surface area contributed by atoms with Crippen LogP contribution in [0.4, 0.5) is 0 Å². The number of aliphatic hydroxyl groups is 5. The molecular formula is C38H49ClN2O11S. The van der Waals surface area contributed by atoms with Crippen LogP contribution in [0.5, 0.6) is 5.75 Å². The van der Waals surface area contributed by atoms with Gasteiger partial charge in [-0.2, -0.15) is 4.31 Å². The smallest absolute Gasteiger partial charge is 0.242 e. The van der Waals surface area contributed by atoms with Crippen LogP contribution in [0.1, 0.15) is 56.1 Å². The van der Waals surface area contributed by atoms with E-state index in [1.807, 2.05) is 36.5 Å². The van der Waals surface area contributed by atoms with E-state index in [1.165, 1.54) is 23.5 Å². The van der Waals surface area contributed by atoms with Crippen molar-refractivity contribution in [2.24, 2.45) is 5.92 Å². The first-order valence-electron chi connectivity index (χ1n) is 17.8. The molecule has 2 aliphatic rings. The highest BCUT2D eigenvalue weighted by molar-refractivity contribution is 7.89. The summed E-state index contributed by atoms with van der Waals surface area (Å²) in [4.78, 5) is 16.8. The minimum absolute atomic E-state index is 0.0490. The van der Waals surface area contributed by atoms with Crippen LogP contribution in [0.3, 0.4) is 0 Å². The molecule has 5 rings (SSSR count). The van der Waals surface area contributed by atoms with Crippen molar-refractivity contribution in [1.29, 1.82) is 0 Å². The Morgan fingerprint density at radius 2 is 1.77 bits per heavy atom. The molecule has 1 heterocycles. The summed E-state index contributed by atoms with van der Waals surface area (Å²) >= 11 is 6.55. The summed E-state index contributed by atoms with van der Waals surface area (Å²) in [6.07, 6.45) is 2.69. The van der Waals surface area contributed by atoms with E-state index in [-0.39, 0.29) is 56.0 Å². The van der Waals surface area contributed by atoms with Crippen LogP contribution < -0.4 is 4.74 Å². The molecule has 13 nitrogen and oxygen atoms in total. The van der Waals surface area contributed by atoms with Crippen LogP contribution in [0.2, 0.25) is 5.02 Å². The van der Waals surface area contributed by atoms with Gasteiger partial charge in [0.25, 0.3) is 0 Å². The molecule has 2 fully saturated rings. The number of ketones is 1. The monoisotopic (exact) mass is 776 g/mol. The highest BCUT2D eigenvalue weighted by Gasteiger charge is 2.48. The van der Waals surface area contributed by atoms with Crippen LogP contribution in [-0.4, -0.2) is 113 Å². The van der Waals surface area contributed by atoms with Crippen LogP contribution in [0.25, 0.3) is 11.1 Å². The maximum Gasteiger partial charge on any atom is 0.242 e. The van der Waals surface area contributed by atoms with Crippen molar-refractivity contribution in [2.45, 2.75) is 86.5 Å². The number of benzene rings is 2. The molecule has 2 saturated carbocycles. The fourth-order valence-electron chi connectivity index (χ4n) is 6.06. The summed E-state index contributed by atoms with van der Waals surface area (Å²) in [5.74, 6) is -0.483. The van der Waals surface area contributed by atoms with Crippen molar-refractivity contribution in [3.63, 3.8) is 0 Å². The third kappa shape index (κ3) is 10.6. The zero-order valence-electron chi connectivity index (χ0n) is 29.7. The quantitative estimate of drug-likeness (QED) is 0.0884. The van der Waals surface area contributed by atoms with Gasteiger partial charge in [0.2, 0.25) is 10.0 Å². The molecule has 0 unspecified atom stereocenters. The van der Waals surface area contributed by atoms with E-state index in [4.69, 9.17) is 30.9 Å². The molecule has 0 bridgehead atoms. The van der Waals surface area contributed by atoms with E-state index in [0.29, 0.717) is 17.0 Å². The molecule has 1 aromatic heterocycles. The Hall–Kier alpha value is -3.02. The van der Waals surface area contributed by atoms with Crippen LogP contribution in [-0.2, 0) is 36.5 Å². The van der Waals surface area contributed by atoms with Gasteiger partial charge < -0.3 is 39.7 Å². The van der Waals surface area contributed by atoms with Gasteiger partial charge in [-0.3, -0.25) is 9.78 Å². The third-order valence-electron chi connectivity index (χ3n) is 9.67. The number of hydrogen-bond donors (Lipinski definition) is 5. The highest BCUT2D eigenvalue weighted by atomic mass is 35.5. The molecule has 4 atom stereocenters. The normalized spacial score (nSPS) is 17.7. The fraction of sp³-hybridized carbons (Fsp3) is 0.526. The van der Waals surface area contributed by atoms with Gasteiger partial charge >= 0.3 is 0 Å². The molecule has 0 saturated heterocycles. The Labute approximate surface area is 315 Å². The van der Waals surface area contributed by atoms with Gasteiger partial charge in [0.05, 0.1) is 42.5 Å². The van der Waals surface area contributed by atoms with Gasteiger partial charge in [-0.1, -0.05) is 29.8 Å². The lowest BCUT2D eigenvalue weighted by molar-refractivity contribution is -0.127. The van der Waals surface area contributed by atoms with Gasteiger partial charge in [0.15, 0.2) is 0 Å². The molecule has 0 amide bonds. The lowest BCUT2D eigenvalue weighted by Crippen LogP contribution is -2.45. The van der Waals surface area contributed by atoms with Gasteiger partial charge in [-0.05, 0) is 73.6 Å². The first-order valence-corrected chi connectivity index (χ1v) is 19.7. The Balaban J connectivity index is 1.12. The standard InChI is InChI=1S/C38H49ClN2O11S/c1-41(16-18-50-17-4-5-27(44)19-25(22-42)36(46)37(47)34(45)23-43)53(48,49)29-10-11-33(39)26(20-29)24-51-38(13-14-38)32-21-40-15-12-30(32)31-6-2-3-7-35(31)52-28-8-9-28/h2-3,6-7,10-12,15,20-21,25,28,34,36-37,42-43,45-47H,4-5,8-9,13-14,16-19,22-24H2,1H3/t25-,34+,36+,37+/m1/s1. The number of hydrogen-bond acceptors (Lipinski definition) is 12. The lowest BCUT2D eigenvalue weighted by atomic mass is 9.90. The van der Waals surface area contributed by atoms with Gasteiger partial charge in [0, 0.05) is 74.1 Å². The summed E-state index contributed by atoms with van der Waals surface area (Å²) < 4.78 is 46.4. The number of likely N-dealkylation sites (N-methyl/N-ethyl adjacent to an activating group) is 1. The summed E-state index contributed by atoms with van der Waals surface area (Å²) in [6, 6.07) is 14.4. The van der Waals surface area contributed by atoms with Crippen LogP contribution >= 0.6 is 11.6 Å². The minimum atomic E-state index is -3.91. The zero-order valence-corrected chi connectivity index (χ0v) is 31.3. The Kier molecular flexibility index (Phi) is 14.4. The Morgan fingerprint density at radius 3 is 2.47 bits per heavy atom. The van der Waals surface area contributed by atoms with Gasteiger partial charge in [-0.25, -0.2) is 8.42 Å². The van der Waals surface area contributed by atoms with Crippen molar-refractivity contribution in [2.75, 3.05) is 40.0 Å². The molecule has 53 heavy (non-hydrogen) atoms. The van der Waals surface area contributed by atoms with Crippen molar-refractivity contribution in [1.82, 2.24) is 9.29 Å². The maximum atomic E-state index is 13.5. The molecule has 5 N–H and O–H groups in total. The molecule has 3 aromatic rings. The Bertz CT molecular complexity index is 1790. The SMILES string of the molecule is CN(CCOCCCC(=O)C[C@H](CO)[C@H](O)[C@@H](O)[C@@H](O)CO)S(=O)(=O)c1ccc(Cl)c(COC2(c3cnccc3-c3ccccc3OC3CC3)CC2)c1. The molecule has 0 spiro atoms. The van der Waals surface area contributed by atoms with Gasteiger partial charge in [-0.15, -0.1) is 0 Å². The molecule has 0 radical (unpaired) electrons. The number of aliphatic hydroxyl groups excluding tert-OH is 5. The van der Waals surface area contributed by atoms with E-state index in [1.54, 1.807) is 12.3 Å². The second kappa shape index (κ2) is 18.5. The number of nitrogens with zero attached hydrogens (tertiary/aromatic N) is 2. The van der Waals surface area contributed by atoms with Gasteiger partial charge in [0.1, 0.15) is 23.7 Å². The number of para-hydroxylation sites is 1. The van der Waals surface area contributed by atoms with E-state index in [0.717, 1.165) is 48.1 Å². The summed E-state index contributed by atoms with van der Waals surface area (Å²) in [6.45, 7) is -1.00. The average Bonchev–Trinajstić information content (AvgIpc) is 4.11. The molecule has 15 heteroatoms. The average molecular weight is 777 g/mol. The van der Waals surface area contributed by atoms with Crippen molar-refractivity contribution >= 4 is 27.4 Å². The number of aromatic nitrogens is 1. The number of Topliss-reactive ketones (excluding diaryl/α,β-unsaturated/α-hetero) is 1. The van der Waals surface area contributed by atoms with Crippen LogP contribution in [0.15, 0.2) is 65.8 Å². The largest absolute Gasteiger partial charge is 0.490 e. The molecule has 290 valence electrons. The molecule has 2 aliphatic carbocycles. The lowest BCUT2D eigenvalue weighted by Gasteiger charge is -2.27. The number of halogens is 1. The first-order chi connectivity index (χ1) is 25.4. The first kappa shape index (κ1) is 41.1. The van der Waals surface area contributed by atoms with Crippen molar-refractivity contribution < 1.29 is 53.0 Å². The summed E-state index contributed by atoms with van der Waals surface area (Å²) in [7, 11) is -2.46. The summed E-state index contributed by atoms with van der Waals surface area (Å²) in [5.41, 5.74) is 2.83. The number of rotatable bonds is 23. The van der Waals surface area contributed by atoms with Crippen LogP contribution in [0, 0.1) is 5.92 Å². The fourth-order valence-corrected chi connectivity index (χ4v) is 7.44. The number of carbonyl (C=O) groups is 1. The second-order valence-electron chi connectivity index (χ2n) is 13.7. The zero-order chi connectivity index (χ0) is 38.2. The van der Waals surface area contributed by atoms with E-state index in [9.17, 15) is 33.6 Å². The minimum Gasteiger partial charge on any atom is -0.490 e. The molecule has 2 aromatic carbocycles. The molecular weight excluding hydrogens is 728 g/mol. The molecule has 0 aliphatic heterocycles. The predicted molar refractivity (Wildman–Crippen MR) is 196 cm³/mol. The van der Waals surface area contributed by atoms with Crippen molar-refractivity contribution in [3.8, 4) is 16.9 Å². The van der Waals surface area contributed by atoms with E-state index < -0.39 is 53.1 Å². The maximum absolute atomic E-state index is 13.5. The number of pyridine rings is 1. The highest BCUT2D eigenvalue weighted by Crippen LogP contribution is 2.53. The Morgan fingerprint density at radius 1 is 1.02 bits per heavy atom. The third-order valence-corrected chi connectivity index (χ3v) is 11.9. The predicted octanol–water partition coefficient (Wildman–Crippen LogP) is 3.21. The number of carbonyl (C=O) groups excluding carboxylic acids is 1. The number of sulfonamides is 1.